The van der Waals surface area contributed by atoms with Gasteiger partial charge < -0.3 is 20.3 Å². The Morgan fingerprint density at radius 3 is 2.30 bits per heavy atom. The van der Waals surface area contributed by atoms with Gasteiger partial charge in [-0.15, -0.1) is 0 Å². The summed E-state index contributed by atoms with van der Waals surface area (Å²) in [5.41, 5.74) is 4.83. The van der Waals surface area contributed by atoms with Crippen molar-refractivity contribution >= 4 is 51.2 Å². The van der Waals surface area contributed by atoms with E-state index in [0.717, 1.165) is 18.5 Å². The zero-order valence-corrected chi connectivity index (χ0v) is 16.7. The van der Waals surface area contributed by atoms with E-state index in [-0.39, 0.29) is 11.7 Å². The minimum atomic E-state index is -0.435. The van der Waals surface area contributed by atoms with Crippen LogP contribution in [0.2, 0.25) is 0 Å². The normalized spacial score (nSPS) is 11.8. The van der Waals surface area contributed by atoms with Gasteiger partial charge in [-0.3, -0.25) is 0 Å². The van der Waals surface area contributed by atoms with E-state index in [0.29, 0.717) is 12.2 Å². The smallest absolute Gasteiger partial charge is 0.364 e. The number of methoxy groups -OCH3 is 1. The fourth-order valence-corrected chi connectivity index (χ4v) is 4.11. The van der Waals surface area contributed by atoms with Gasteiger partial charge in [0.25, 0.3) is 0 Å². The average Bonchev–Trinajstić information content (AvgIpc) is 2.51. The van der Waals surface area contributed by atoms with Crippen molar-refractivity contribution in [3.63, 3.8) is 0 Å². The summed E-state index contributed by atoms with van der Waals surface area (Å²) < 4.78 is 12.5. The maximum absolute atomic E-state index is 11.5. The fraction of sp³-hybridized carbons (Fsp3) is 0.188. The highest BCUT2D eigenvalue weighted by atomic mass is 127. The van der Waals surface area contributed by atoms with E-state index < -0.39 is 6.04 Å². The lowest BCUT2D eigenvalue weighted by molar-refractivity contribution is -0.407. The van der Waals surface area contributed by atoms with Crippen molar-refractivity contribution in [3.05, 3.63) is 49.1 Å². The van der Waals surface area contributed by atoms with Gasteiger partial charge in [-0.25, -0.2) is 4.79 Å². The van der Waals surface area contributed by atoms with Crippen LogP contribution in [-0.2, 0) is 16.0 Å². The molecule has 0 fully saturated rings. The predicted octanol–water partition coefficient (Wildman–Crippen LogP) is 2.72. The third kappa shape index (κ3) is 4.95. The molecule has 0 spiro atoms. The highest BCUT2D eigenvalue weighted by Crippen LogP contribution is 2.33. The Labute approximate surface area is 161 Å². The Morgan fingerprint density at radius 1 is 1.22 bits per heavy atom. The summed E-state index contributed by atoms with van der Waals surface area (Å²) >= 11 is 4.41. The van der Waals surface area contributed by atoms with Gasteiger partial charge in [0.1, 0.15) is 11.5 Å². The maximum atomic E-state index is 11.5. The van der Waals surface area contributed by atoms with Crippen molar-refractivity contribution in [3.8, 4) is 17.2 Å². The Kier molecular flexibility index (Phi) is 6.48. The first-order valence-corrected chi connectivity index (χ1v) is 8.92. The largest absolute Gasteiger partial charge is 0.508 e. The maximum Gasteiger partial charge on any atom is 0.364 e. The third-order valence-corrected chi connectivity index (χ3v) is 4.73. The molecule has 4 N–H and O–H groups in total. The van der Waals surface area contributed by atoms with Crippen LogP contribution >= 0.6 is 45.2 Å². The molecule has 0 aliphatic rings. The first kappa shape index (κ1) is 18.3. The van der Waals surface area contributed by atoms with Crippen LogP contribution in [-0.4, -0.2) is 24.2 Å². The number of quaternary nitrogens is 1. The van der Waals surface area contributed by atoms with Gasteiger partial charge in [0.05, 0.1) is 14.3 Å². The summed E-state index contributed by atoms with van der Waals surface area (Å²) in [6.45, 7) is 0. The van der Waals surface area contributed by atoms with Gasteiger partial charge in [-0.05, 0) is 87.1 Å². The molecule has 0 aliphatic heterocycles. The van der Waals surface area contributed by atoms with E-state index in [9.17, 15) is 9.90 Å². The van der Waals surface area contributed by atoms with E-state index >= 15 is 0 Å². The number of rotatable bonds is 5. The second kappa shape index (κ2) is 8.15. The molecule has 2 rings (SSSR count). The molecule has 2 aromatic rings. The van der Waals surface area contributed by atoms with Crippen molar-refractivity contribution in [1.82, 2.24) is 0 Å². The van der Waals surface area contributed by atoms with Crippen molar-refractivity contribution in [1.29, 1.82) is 0 Å². The molecular formula is C16H16I2NO4+. The van der Waals surface area contributed by atoms with Crippen molar-refractivity contribution in [2.24, 2.45) is 0 Å². The summed E-state index contributed by atoms with van der Waals surface area (Å²) in [7, 11) is 1.36. The predicted molar refractivity (Wildman–Crippen MR) is 102 cm³/mol. The van der Waals surface area contributed by atoms with E-state index in [1.165, 1.54) is 7.11 Å². The number of ether oxygens (including phenoxy) is 2. The summed E-state index contributed by atoms with van der Waals surface area (Å²) in [5.74, 6) is 1.27. The molecule has 23 heavy (non-hydrogen) atoms. The second-order valence-electron chi connectivity index (χ2n) is 4.91. The molecule has 0 radical (unpaired) electrons. The van der Waals surface area contributed by atoms with Crippen LogP contribution in [0, 0.1) is 7.14 Å². The summed E-state index contributed by atoms with van der Waals surface area (Å²) in [6.07, 6.45) is 0.512. The molecular weight excluding hydrogens is 524 g/mol. The Hall–Kier alpha value is -1.07. The monoisotopic (exact) mass is 540 g/mol. The summed E-state index contributed by atoms with van der Waals surface area (Å²) in [6, 6.07) is 10.1. The Balaban J connectivity index is 2.20. The van der Waals surface area contributed by atoms with Gasteiger partial charge in [-0.1, -0.05) is 0 Å². The van der Waals surface area contributed by atoms with Gasteiger partial charge in [-0.2, -0.15) is 0 Å². The standard InChI is InChI=1S/C16H15I2NO4/c1-22-16(21)14(19)8-9-6-12(17)15(13(18)7-9)23-11-4-2-10(20)3-5-11/h2-7,14,20H,8,19H2,1H3/p+1. The molecule has 0 amide bonds. The van der Waals surface area contributed by atoms with Crippen LogP contribution < -0.4 is 10.5 Å². The second-order valence-corrected chi connectivity index (χ2v) is 7.23. The van der Waals surface area contributed by atoms with Gasteiger partial charge in [0, 0.05) is 6.42 Å². The number of phenolic OH excluding ortho intramolecular Hbond substituents is 1. The highest BCUT2D eigenvalue weighted by molar-refractivity contribution is 14.1. The molecule has 122 valence electrons. The topological polar surface area (TPSA) is 83.4 Å². The summed E-state index contributed by atoms with van der Waals surface area (Å²) in [4.78, 5) is 11.5. The third-order valence-electron chi connectivity index (χ3n) is 3.13. The van der Waals surface area contributed by atoms with E-state index in [1.54, 1.807) is 24.3 Å². The van der Waals surface area contributed by atoms with Gasteiger partial charge in [0.2, 0.25) is 0 Å². The van der Waals surface area contributed by atoms with Gasteiger partial charge in [0.15, 0.2) is 11.8 Å². The number of phenols is 1. The number of esters is 1. The molecule has 1 unspecified atom stereocenters. The van der Waals surface area contributed by atoms with Crippen molar-refractivity contribution < 1.29 is 25.1 Å². The van der Waals surface area contributed by atoms with Crippen LogP contribution in [0.1, 0.15) is 5.56 Å². The molecule has 0 heterocycles. The number of carbonyl (C=O) groups excluding carboxylic acids is 1. The average molecular weight is 540 g/mol. The first-order chi connectivity index (χ1) is 10.9. The zero-order chi connectivity index (χ0) is 17.0. The van der Waals surface area contributed by atoms with Gasteiger partial charge >= 0.3 is 5.97 Å². The molecule has 0 aromatic heterocycles. The molecule has 0 saturated heterocycles. The highest BCUT2D eigenvalue weighted by Gasteiger charge is 2.20. The molecule has 0 aliphatic carbocycles. The van der Waals surface area contributed by atoms with Crippen LogP contribution in [0.5, 0.6) is 17.2 Å². The van der Waals surface area contributed by atoms with Crippen LogP contribution in [0.25, 0.3) is 0 Å². The Bertz CT molecular complexity index is 681. The minimum Gasteiger partial charge on any atom is -0.508 e. The van der Waals surface area contributed by atoms with Crippen molar-refractivity contribution in [2.75, 3.05) is 7.11 Å². The van der Waals surface area contributed by atoms with Crippen LogP contribution in [0.3, 0.4) is 0 Å². The first-order valence-electron chi connectivity index (χ1n) is 6.76. The van der Waals surface area contributed by atoms with E-state index in [4.69, 9.17) is 9.47 Å². The zero-order valence-electron chi connectivity index (χ0n) is 12.4. The van der Waals surface area contributed by atoms with E-state index in [2.05, 4.69) is 50.9 Å². The Morgan fingerprint density at radius 2 is 1.78 bits per heavy atom. The molecule has 0 saturated carbocycles. The van der Waals surface area contributed by atoms with Crippen LogP contribution in [0.15, 0.2) is 36.4 Å². The van der Waals surface area contributed by atoms with E-state index in [1.807, 2.05) is 12.1 Å². The fourth-order valence-electron chi connectivity index (χ4n) is 1.99. The van der Waals surface area contributed by atoms with Crippen LogP contribution in [0.4, 0.5) is 0 Å². The molecule has 1 atom stereocenters. The lowest BCUT2D eigenvalue weighted by atomic mass is 10.1. The van der Waals surface area contributed by atoms with Crippen molar-refractivity contribution in [2.45, 2.75) is 12.5 Å². The minimum absolute atomic E-state index is 0.196. The molecule has 0 bridgehead atoms. The number of halogens is 2. The number of carbonyl (C=O) groups is 1. The SMILES string of the molecule is COC(=O)C([NH3+])Cc1cc(I)c(Oc2ccc(O)cc2)c(I)c1. The molecule has 2 aromatic carbocycles. The summed E-state index contributed by atoms with van der Waals surface area (Å²) in [5, 5.41) is 9.32. The number of hydrogen-bond donors (Lipinski definition) is 2. The molecule has 5 nitrogen and oxygen atoms in total. The lowest BCUT2D eigenvalue weighted by Gasteiger charge is -2.13. The quantitative estimate of drug-likeness (QED) is 0.452. The molecule has 7 heteroatoms. The number of hydrogen-bond acceptors (Lipinski definition) is 4. The lowest BCUT2D eigenvalue weighted by Crippen LogP contribution is -2.66. The number of aromatic hydroxyl groups is 1. The number of benzene rings is 2.